The second-order valence-corrected chi connectivity index (χ2v) is 4.81. The minimum atomic E-state index is -0.407. The fraction of sp³-hybridized carbons (Fsp3) is 0.571. The molecule has 0 bridgehead atoms. The van der Waals surface area contributed by atoms with Crippen LogP contribution in [-0.2, 0) is 16.0 Å². The number of nitrogens with one attached hydrogen (secondary N) is 1. The Labute approximate surface area is 132 Å². The van der Waals surface area contributed by atoms with Crippen LogP contribution < -0.4 is 5.32 Å². The van der Waals surface area contributed by atoms with Gasteiger partial charge in [0.2, 0.25) is 0 Å². The van der Waals surface area contributed by atoms with Crippen LogP contribution in [0.1, 0.15) is 25.3 Å². The van der Waals surface area contributed by atoms with Gasteiger partial charge in [-0.05, 0) is 50.4 Å². The predicted octanol–water partition coefficient (Wildman–Crippen LogP) is 2.40. The van der Waals surface area contributed by atoms with Gasteiger partial charge in [-0.1, -0.05) is 0 Å². The summed E-state index contributed by atoms with van der Waals surface area (Å²) in [7, 11) is 0. The minimum absolute atomic E-state index is 0. The summed E-state index contributed by atoms with van der Waals surface area (Å²) in [6.07, 6.45) is 6.17. The molecular weight excluding hydrogens is 299 g/mol. The van der Waals surface area contributed by atoms with E-state index in [1.807, 2.05) is 19.1 Å². The van der Waals surface area contributed by atoms with Crippen LogP contribution in [0.15, 0.2) is 24.5 Å². The highest BCUT2D eigenvalue weighted by Crippen LogP contribution is 2.32. The molecule has 1 aliphatic rings. The van der Waals surface area contributed by atoms with Crippen LogP contribution in [0.4, 0.5) is 0 Å². The molecule has 1 saturated heterocycles. The molecular formula is C14H22Cl2N2O2. The molecule has 1 aliphatic heterocycles. The molecule has 1 fully saturated rings. The van der Waals surface area contributed by atoms with E-state index in [2.05, 4.69) is 10.3 Å². The quantitative estimate of drug-likeness (QED) is 0.865. The van der Waals surface area contributed by atoms with Crippen molar-refractivity contribution in [3.05, 3.63) is 30.1 Å². The van der Waals surface area contributed by atoms with Gasteiger partial charge >= 0.3 is 5.97 Å². The van der Waals surface area contributed by atoms with E-state index in [1.54, 1.807) is 12.4 Å². The average molecular weight is 321 g/mol. The molecule has 114 valence electrons. The third kappa shape index (κ3) is 4.62. The van der Waals surface area contributed by atoms with E-state index in [-0.39, 0.29) is 30.8 Å². The predicted molar refractivity (Wildman–Crippen MR) is 83.6 cm³/mol. The van der Waals surface area contributed by atoms with Gasteiger partial charge in [0.25, 0.3) is 0 Å². The van der Waals surface area contributed by atoms with E-state index >= 15 is 0 Å². The molecule has 6 heteroatoms. The molecule has 2 heterocycles. The zero-order chi connectivity index (χ0) is 12.8. The van der Waals surface area contributed by atoms with Crippen LogP contribution >= 0.6 is 24.8 Å². The van der Waals surface area contributed by atoms with Crippen molar-refractivity contribution >= 4 is 30.8 Å². The highest BCUT2D eigenvalue weighted by atomic mass is 35.5. The SMILES string of the molecule is CCOC(=O)C1(Cc2ccncc2)CCCNC1.Cl.Cl. The second-order valence-electron chi connectivity index (χ2n) is 4.81. The van der Waals surface area contributed by atoms with Crippen LogP contribution in [0, 0.1) is 5.41 Å². The molecule has 2 rings (SSSR count). The van der Waals surface area contributed by atoms with Crippen molar-refractivity contribution in [2.24, 2.45) is 5.41 Å². The van der Waals surface area contributed by atoms with Crippen molar-refractivity contribution < 1.29 is 9.53 Å². The third-order valence-corrected chi connectivity index (χ3v) is 3.47. The van der Waals surface area contributed by atoms with Gasteiger partial charge in [-0.25, -0.2) is 0 Å². The highest BCUT2D eigenvalue weighted by Gasteiger charge is 2.40. The Bertz CT molecular complexity index is 395. The van der Waals surface area contributed by atoms with Crippen LogP contribution in [0.3, 0.4) is 0 Å². The Balaban J connectivity index is 0.00000180. The maximum absolute atomic E-state index is 12.2. The van der Waals surface area contributed by atoms with Crippen molar-refractivity contribution in [1.29, 1.82) is 0 Å². The first-order valence-corrected chi connectivity index (χ1v) is 6.54. The summed E-state index contributed by atoms with van der Waals surface area (Å²) >= 11 is 0. The summed E-state index contributed by atoms with van der Waals surface area (Å²) in [4.78, 5) is 16.3. The lowest BCUT2D eigenvalue weighted by Gasteiger charge is -2.35. The zero-order valence-electron chi connectivity index (χ0n) is 11.6. The lowest BCUT2D eigenvalue weighted by molar-refractivity contribution is -0.156. The van der Waals surface area contributed by atoms with Crippen LogP contribution in [0.5, 0.6) is 0 Å². The van der Waals surface area contributed by atoms with Crippen LogP contribution in [0.2, 0.25) is 0 Å². The smallest absolute Gasteiger partial charge is 0.313 e. The van der Waals surface area contributed by atoms with E-state index in [1.165, 1.54) is 0 Å². The minimum Gasteiger partial charge on any atom is -0.466 e. The number of carbonyl (C=O) groups excluding carboxylic acids is 1. The standard InChI is InChI=1S/C14H20N2O2.2ClH/c1-2-18-13(17)14(6-3-7-16-11-14)10-12-4-8-15-9-5-12;;/h4-5,8-9,16H,2-3,6-7,10-11H2,1H3;2*1H. The topological polar surface area (TPSA) is 51.2 Å². The molecule has 0 aliphatic carbocycles. The average Bonchev–Trinajstić information content (AvgIpc) is 2.41. The van der Waals surface area contributed by atoms with Gasteiger partial charge in [0.05, 0.1) is 12.0 Å². The number of pyridine rings is 1. The number of ether oxygens (including phenoxy) is 1. The molecule has 1 N–H and O–H groups in total. The fourth-order valence-electron chi connectivity index (χ4n) is 2.54. The molecule has 0 saturated carbocycles. The van der Waals surface area contributed by atoms with Gasteiger partial charge in [0, 0.05) is 18.9 Å². The van der Waals surface area contributed by atoms with E-state index in [9.17, 15) is 4.79 Å². The first-order valence-electron chi connectivity index (χ1n) is 6.54. The molecule has 0 radical (unpaired) electrons. The number of hydrogen-bond acceptors (Lipinski definition) is 4. The summed E-state index contributed by atoms with van der Waals surface area (Å²) in [5.74, 6) is -0.0750. The number of nitrogens with zero attached hydrogens (tertiary/aromatic N) is 1. The zero-order valence-corrected chi connectivity index (χ0v) is 13.3. The second kappa shape index (κ2) is 9.16. The van der Waals surface area contributed by atoms with E-state index in [0.717, 1.165) is 31.4 Å². The fourth-order valence-corrected chi connectivity index (χ4v) is 2.54. The molecule has 0 spiro atoms. The van der Waals surface area contributed by atoms with Gasteiger partial charge in [-0.3, -0.25) is 9.78 Å². The molecule has 20 heavy (non-hydrogen) atoms. The highest BCUT2D eigenvalue weighted by molar-refractivity contribution is 5.85. The van der Waals surface area contributed by atoms with Gasteiger partial charge in [0.1, 0.15) is 0 Å². The lowest BCUT2D eigenvalue weighted by Crippen LogP contribution is -2.47. The third-order valence-electron chi connectivity index (χ3n) is 3.47. The summed E-state index contributed by atoms with van der Waals surface area (Å²) in [6, 6.07) is 3.94. The Hall–Kier alpha value is -0.840. The summed E-state index contributed by atoms with van der Waals surface area (Å²) in [5, 5.41) is 3.32. The van der Waals surface area contributed by atoms with Crippen molar-refractivity contribution in [2.75, 3.05) is 19.7 Å². The maximum Gasteiger partial charge on any atom is 0.313 e. The van der Waals surface area contributed by atoms with Crippen LogP contribution in [-0.4, -0.2) is 30.6 Å². The summed E-state index contributed by atoms with van der Waals surface area (Å²) < 4.78 is 5.26. The number of esters is 1. The molecule has 0 aromatic carbocycles. The van der Waals surface area contributed by atoms with E-state index < -0.39 is 5.41 Å². The van der Waals surface area contributed by atoms with Gasteiger partial charge < -0.3 is 10.1 Å². The van der Waals surface area contributed by atoms with Crippen molar-refractivity contribution in [3.8, 4) is 0 Å². The number of rotatable bonds is 4. The first kappa shape index (κ1) is 19.2. The van der Waals surface area contributed by atoms with E-state index in [0.29, 0.717) is 13.2 Å². The first-order chi connectivity index (χ1) is 8.77. The molecule has 4 nitrogen and oxygen atoms in total. The maximum atomic E-state index is 12.2. The molecule has 1 aromatic heterocycles. The number of halogens is 2. The van der Waals surface area contributed by atoms with Crippen molar-refractivity contribution in [1.82, 2.24) is 10.3 Å². The molecule has 1 atom stereocenters. The van der Waals surface area contributed by atoms with E-state index in [4.69, 9.17) is 4.74 Å². The Kier molecular flexibility index (Phi) is 8.78. The Morgan fingerprint density at radius 2 is 2.10 bits per heavy atom. The number of carbonyl (C=O) groups is 1. The summed E-state index contributed by atoms with van der Waals surface area (Å²) in [5.41, 5.74) is 0.733. The van der Waals surface area contributed by atoms with Crippen LogP contribution in [0.25, 0.3) is 0 Å². The Morgan fingerprint density at radius 3 is 2.65 bits per heavy atom. The van der Waals surface area contributed by atoms with Gasteiger partial charge in [-0.15, -0.1) is 24.8 Å². The van der Waals surface area contributed by atoms with Crippen molar-refractivity contribution in [3.63, 3.8) is 0 Å². The lowest BCUT2D eigenvalue weighted by atomic mass is 9.76. The molecule has 1 aromatic rings. The van der Waals surface area contributed by atoms with Gasteiger partial charge in [0.15, 0.2) is 0 Å². The van der Waals surface area contributed by atoms with Gasteiger partial charge in [-0.2, -0.15) is 0 Å². The Morgan fingerprint density at radius 1 is 1.40 bits per heavy atom. The summed E-state index contributed by atoms with van der Waals surface area (Å²) in [6.45, 7) is 3.98. The molecule has 1 unspecified atom stereocenters. The number of hydrogen-bond donors (Lipinski definition) is 1. The largest absolute Gasteiger partial charge is 0.466 e. The molecule has 0 amide bonds. The normalized spacial score (nSPS) is 21.2. The monoisotopic (exact) mass is 320 g/mol. The number of aromatic nitrogens is 1. The number of piperidine rings is 1. The van der Waals surface area contributed by atoms with Crippen molar-refractivity contribution in [2.45, 2.75) is 26.2 Å².